The van der Waals surface area contributed by atoms with Crippen LogP contribution in [0.4, 0.5) is 0 Å². The first-order valence-corrected chi connectivity index (χ1v) is 10.4. The minimum absolute atomic E-state index is 0.0931. The number of para-hydroxylation sites is 2. The molecule has 6 rings (SSSR count). The van der Waals surface area contributed by atoms with Crippen molar-refractivity contribution in [2.75, 3.05) is 6.61 Å². The number of carbonyl (C=O) groups excluding carboxylic acids is 2. The van der Waals surface area contributed by atoms with Crippen LogP contribution in [0, 0.1) is 5.92 Å². The molecule has 2 aromatic heterocycles. The number of nitrogens with one attached hydrogen (secondary N) is 1. The molecule has 0 saturated carbocycles. The molecule has 0 aliphatic carbocycles. The third-order valence-corrected chi connectivity index (χ3v) is 6.61. The summed E-state index contributed by atoms with van der Waals surface area (Å²) >= 11 is 0. The van der Waals surface area contributed by atoms with E-state index in [-0.39, 0.29) is 24.3 Å². The molecular weight excluding hydrogens is 390 g/mol. The number of carbonyl (C=O) groups is 2. The highest BCUT2D eigenvalue weighted by Crippen LogP contribution is 2.43. The number of aliphatic hydroxyl groups excluding tert-OH is 1. The van der Waals surface area contributed by atoms with E-state index in [1.165, 1.54) is 0 Å². The fourth-order valence-electron chi connectivity index (χ4n) is 5.27. The Hall–Kier alpha value is -3.64. The molecule has 2 amide bonds. The van der Waals surface area contributed by atoms with Crippen LogP contribution in [0.3, 0.4) is 0 Å². The average Bonchev–Trinajstić information content (AvgIpc) is 3.49. The molecule has 2 aliphatic rings. The van der Waals surface area contributed by atoms with E-state index in [9.17, 15) is 14.7 Å². The predicted octanol–water partition coefficient (Wildman–Crippen LogP) is 2.86. The van der Waals surface area contributed by atoms with Gasteiger partial charge in [-0.15, -0.1) is 0 Å². The van der Waals surface area contributed by atoms with Gasteiger partial charge in [0.1, 0.15) is 0 Å². The summed E-state index contributed by atoms with van der Waals surface area (Å²) in [5.41, 5.74) is 5.48. The van der Waals surface area contributed by atoms with E-state index in [1.54, 1.807) is 0 Å². The highest BCUT2D eigenvalue weighted by molar-refractivity contribution is 6.51. The van der Waals surface area contributed by atoms with E-state index in [4.69, 9.17) is 0 Å². The summed E-state index contributed by atoms with van der Waals surface area (Å²) in [5, 5.41) is 14.2. The monoisotopic (exact) mass is 411 g/mol. The third kappa shape index (κ3) is 2.42. The van der Waals surface area contributed by atoms with Crippen molar-refractivity contribution >= 4 is 44.8 Å². The number of rotatable bonds is 3. The summed E-state index contributed by atoms with van der Waals surface area (Å²) in [4.78, 5) is 26.2. The number of imide groups is 1. The Bertz CT molecular complexity index is 1450. The van der Waals surface area contributed by atoms with Crippen molar-refractivity contribution in [2.24, 2.45) is 13.0 Å². The van der Waals surface area contributed by atoms with Gasteiger partial charge in [0.2, 0.25) is 0 Å². The maximum atomic E-state index is 13.1. The highest BCUT2D eigenvalue weighted by Gasteiger charge is 2.38. The van der Waals surface area contributed by atoms with Gasteiger partial charge in [-0.2, -0.15) is 0 Å². The van der Waals surface area contributed by atoms with Crippen LogP contribution in [0.15, 0.2) is 54.7 Å². The molecule has 0 spiro atoms. The summed E-state index contributed by atoms with van der Waals surface area (Å²) in [6.07, 6.45) is 2.60. The standard InChI is InChI=1S/C25H21N3O3/c1-27-12-17(15-6-2-4-8-18(15)27)22-23(25(31)26-24(22)30)21-16-7-3-5-9-19(16)28-11-14(13-29)10-20(21)28/h2-9,12,14,29H,10-11,13H2,1H3,(H,26,30,31). The smallest absolute Gasteiger partial charge is 0.259 e. The van der Waals surface area contributed by atoms with Crippen LogP contribution in [-0.2, 0) is 29.6 Å². The van der Waals surface area contributed by atoms with Crippen molar-refractivity contribution in [1.82, 2.24) is 14.5 Å². The van der Waals surface area contributed by atoms with Crippen LogP contribution >= 0.6 is 0 Å². The molecule has 2 aromatic carbocycles. The van der Waals surface area contributed by atoms with Crippen LogP contribution in [0.25, 0.3) is 33.0 Å². The maximum absolute atomic E-state index is 13.1. The normalized spacial score (nSPS) is 18.5. The second kappa shape index (κ2) is 6.43. The van der Waals surface area contributed by atoms with Gasteiger partial charge in [-0.25, -0.2) is 0 Å². The van der Waals surface area contributed by atoms with Crippen LogP contribution < -0.4 is 5.32 Å². The largest absolute Gasteiger partial charge is 0.396 e. The molecule has 0 radical (unpaired) electrons. The fourth-order valence-corrected chi connectivity index (χ4v) is 5.27. The first-order chi connectivity index (χ1) is 15.1. The van der Waals surface area contributed by atoms with Crippen molar-refractivity contribution in [3.8, 4) is 0 Å². The van der Waals surface area contributed by atoms with E-state index in [2.05, 4.69) is 9.88 Å². The van der Waals surface area contributed by atoms with Crippen LogP contribution in [0.2, 0.25) is 0 Å². The molecular formula is C25H21N3O3. The Morgan fingerprint density at radius 2 is 1.65 bits per heavy atom. The first-order valence-electron chi connectivity index (χ1n) is 10.4. The van der Waals surface area contributed by atoms with Gasteiger partial charge in [0.15, 0.2) is 0 Å². The van der Waals surface area contributed by atoms with Crippen molar-refractivity contribution in [3.05, 3.63) is 71.5 Å². The molecule has 6 heteroatoms. The Morgan fingerprint density at radius 3 is 2.42 bits per heavy atom. The second-order valence-electron chi connectivity index (χ2n) is 8.41. The Labute approximate surface area is 178 Å². The van der Waals surface area contributed by atoms with Gasteiger partial charge in [-0.3, -0.25) is 14.9 Å². The summed E-state index contributed by atoms with van der Waals surface area (Å²) < 4.78 is 4.17. The van der Waals surface area contributed by atoms with Gasteiger partial charge in [0.25, 0.3) is 11.8 Å². The predicted molar refractivity (Wildman–Crippen MR) is 119 cm³/mol. The summed E-state index contributed by atoms with van der Waals surface area (Å²) in [6.45, 7) is 0.800. The molecule has 0 bridgehead atoms. The lowest BCUT2D eigenvalue weighted by Crippen LogP contribution is -2.22. The molecule has 1 unspecified atom stereocenters. The number of aliphatic hydroxyl groups is 1. The Kier molecular flexibility index (Phi) is 3.76. The zero-order chi connectivity index (χ0) is 21.3. The molecule has 31 heavy (non-hydrogen) atoms. The van der Waals surface area contributed by atoms with Gasteiger partial charge in [0.05, 0.1) is 11.1 Å². The second-order valence-corrected chi connectivity index (χ2v) is 8.41. The summed E-state index contributed by atoms with van der Waals surface area (Å²) in [6, 6.07) is 15.9. The lowest BCUT2D eigenvalue weighted by Gasteiger charge is -2.07. The number of hydrogen-bond donors (Lipinski definition) is 2. The Morgan fingerprint density at radius 1 is 0.968 bits per heavy atom. The quantitative estimate of drug-likeness (QED) is 0.509. The van der Waals surface area contributed by atoms with E-state index >= 15 is 0 Å². The molecule has 1 atom stereocenters. The van der Waals surface area contributed by atoms with Crippen LogP contribution in [-0.4, -0.2) is 32.7 Å². The molecule has 4 heterocycles. The van der Waals surface area contributed by atoms with Crippen LogP contribution in [0.5, 0.6) is 0 Å². The van der Waals surface area contributed by atoms with Gasteiger partial charge < -0.3 is 14.2 Å². The van der Waals surface area contributed by atoms with E-state index in [1.807, 2.05) is 66.3 Å². The van der Waals surface area contributed by atoms with E-state index in [0.29, 0.717) is 24.1 Å². The molecule has 0 saturated heterocycles. The minimum atomic E-state index is -0.364. The van der Waals surface area contributed by atoms with Crippen molar-refractivity contribution in [3.63, 3.8) is 0 Å². The molecule has 2 N–H and O–H groups in total. The topological polar surface area (TPSA) is 76.3 Å². The van der Waals surface area contributed by atoms with Gasteiger partial charge >= 0.3 is 0 Å². The number of benzene rings is 2. The SMILES string of the molecule is Cn1cc(C2=C(c3c4n(c5ccccc35)CC(CO)C4)C(=O)NC2=O)c2ccccc21. The minimum Gasteiger partial charge on any atom is -0.396 e. The fraction of sp³-hybridized carbons (Fsp3) is 0.200. The number of amides is 2. The maximum Gasteiger partial charge on any atom is 0.259 e. The number of aromatic nitrogens is 2. The van der Waals surface area contributed by atoms with Crippen molar-refractivity contribution < 1.29 is 14.7 Å². The van der Waals surface area contributed by atoms with Gasteiger partial charge in [0, 0.05) is 70.9 Å². The summed E-state index contributed by atoms with van der Waals surface area (Å²) in [7, 11) is 1.94. The number of aryl methyl sites for hydroxylation is 1. The van der Waals surface area contributed by atoms with Gasteiger partial charge in [-0.1, -0.05) is 36.4 Å². The number of fused-ring (bicyclic) bond motifs is 4. The molecule has 2 aliphatic heterocycles. The molecule has 4 aromatic rings. The van der Waals surface area contributed by atoms with Gasteiger partial charge in [-0.05, 0) is 18.6 Å². The van der Waals surface area contributed by atoms with E-state index in [0.717, 1.165) is 38.6 Å². The zero-order valence-corrected chi connectivity index (χ0v) is 17.1. The third-order valence-electron chi connectivity index (χ3n) is 6.61. The Balaban J connectivity index is 1.71. The number of nitrogens with zero attached hydrogens (tertiary/aromatic N) is 2. The van der Waals surface area contributed by atoms with E-state index < -0.39 is 0 Å². The summed E-state index contributed by atoms with van der Waals surface area (Å²) in [5.74, 6) is -0.614. The number of hydrogen-bond acceptors (Lipinski definition) is 3. The first kappa shape index (κ1) is 18.2. The molecule has 154 valence electrons. The van der Waals surface area contributed by atoms with Crippen molar-refractivity contribution in [1.29, 1.82) is 0 Å². The van der Waals surface area contributed by atoms with Crippen molar-refractivity contribution in [2.45, 2.75) is 13.0 Å². The highest BCUT2D eigenvalue weighted by atomic mass is 16.3. The molecule has 6 nitrogen and oxygen atoms in total. The zero-order valence-electron chi connectivity index (χ0n) is 17.1. The lowest BCUT2D eigenvalue weighted by atomic mass is 9.92. The van der Waals surface area contributed by atoms with Crippen LogP contribution in [0.1, 0.15) is 16.8 Å². The average molecular weight is 411 g/mol. The molecule has 0 fully saturated rings. The lowest BCUT2D eigenvalue weighted by molar-refractivity contribution is -0.122.